The van der Waals surface area contributed by atoms with Gasteiger partial charge in [-0.1, -0.05) is 6.42 Å². The number of amides is 1. The molecular weight excluding hydrogens is 196 g/mol. The number of carboxylic acids is 1. The molecule has 86 valence electrons. The fourth-order valence-electron chi connectivity index (χ4n) is 2.11. The van der Waals surface area contributed by atoms with E-state index in [1.807, 2.05) is 0 Å². The monoisotopic (exact) mass is 214 g/mol. The largest absolute Gasteiger partial charge is 0.481 e. The Bertz CT molecular complexity index is 255. The Morgan fingerprint density at radius 3 is 2.67 bits per heavy atom. The average Bonchev–Trinajstić information content (AvgIpc) is 2.39. The topological polar surface area (TPSA) is 83.6 Å². The molecule has 0 aliphatic carbocycles. The van der Waals surface area contributed by atoms with Crippen LogP contribution in [-0.2, 0) is 9.59 Å². The second-order valence-electron chi connectivity index (χ2n) is 3.97. The van der Waals surface area contributed by atoms with Crippen molar-refractivity contribution in [2.75, 3.05) is 13.1 Å². The van der Waals surface area contributed by atoms with Gasteiger partial charge in [0, 0.05) is 12.6 Å². The standard InChI is InChI=1S/C10H18N2O3/c1-7-8(10(14)15)4-2-3-5-12(7)9(13)6-11/h7-8H,2-6,11H2,1H3,(H,14,15)/t7-,8+/m1/s1. The highest BCUT2D eigenvalue weighted by Crippen LogP contribution is 2.23. The van der Waals surface area contributed by atoms with Gasteiger partial charge in [-0.05, 0) is 19.8 Å². The Hall–Kier alpha value is -1.10. The van der Waals surface area contributed by atoms with Gasteiger partial charge < -0.3 is 15.7 Å². The molecule has 5 nitrogen and oxygen atoms in total. The number of rotatable bonds is 2. The molecule has 1 rings (SSSR count). The van der Waals surface area contributed by atoms with Crippen LogP contribution in [0.15, 0.2) is 0 Å². The summed E-state index contributed by atoms with van der Waals surface area (Å²) in [4.78, 5) is 24.1. The minimum atomic E-state index is -0.820. The summed E-state index contributed by atoms with van der Waals surface area (Å²) in [6.07, 6.45) is 2.36. The van der Waals surface area contributed by atoms with E-state index in [0.717, 1.165) is 12.8 Å². The number of hydrogen-bond acceptors (Lipinski definition) is 3. The maximum atomic E-state index is 11.5. The number of hydrogen-bond donors (Lipinski definition) is 2. The van der Waals surface area contributed by atoms with E-state index in [4.69, 9.17) is 10.8 Å². The summed E-state index contributed by atoms with van der Waals surface area (Å²) >= 11 is 0. The van der Waals surface area contributed by atoms with Crippen LogP contribution in [0.1, 0.15) is 26.2 Å². The molecule has 0 aromatic carbocycles. The van der Waals surface area contributed by atoms with E-state index in [9.17, 15) is 9.59 Å². The van der Waals surface area contributed by atoms with E-state index in [2.05, 4.69) is 0 Å². The van der Waals surface area contributed by atoms with Gasteiger partial charge in [-0.25, -0.2) is 0 Å². The van der Waals surface area contributed by atoms with Crippen LogP contribution in [-0.4, -0.2) is 41.0 Å². The van der Waals surface area contributed by atoms with E-state index in [1.54, 1.807) is 11.8 Å². The second-order valence-corrected chi connectivity index (χ2v) is 3.97. The number of carboxylic acid groups (broad SMARTS) is 1. The Morgan fingerprint density at radius 2 is 2.13 bits per heavy atom. The molecule has 0 unspecified atom stereocenters. The van der Waals surface area contributed by atoms with Gasteiger partial charge in [-0.15, -0.1) is 0 Å². The maximum Gasteiger partial charge on any atom is 0.308 e. The molecule has 1 saturated heterocycles. The van der Waals surface area contributed by atoms with Crippen LogP contribution in [0.3, 0.4) is 0 Å². The average molecular weight is 214 g/mol. The number of aliphatic carboxylic acids is 1. The van der Waals surface area contributed by atoms with Gasteiger partial charge in [0.25, 0.3) is 0 Å². The van der Waals surface area contributed by atoms with E-state index in [-0.39, 0.29) is 18.5 Å². The van der Waals surface area contributed by atoms with Crippen molar-refractivity contribution in [3.8, 4) is 0 Å². The van der Waals surface area contributed by atoms with Crippen LogP contribution in [0.5, 0.6) is 0 Å². The number of carbonyl (C=O) groups excluding carboxylic acids is 1. The molecule has 1 aliphatic rings. The fourth-order valence-corrected chi connectivity index (χ4v) is 2.11. The van der Waals surface area contributed by atoms with Crippen molar-refractivity contribution in [2.24, 2.45) is 11.7 Å². The molecule has 0 saturated carbocycles. The smallest absolute Gasteiger partial charge is 0.308 e. The lowest BCUT2D eigenvalue weighted by atomic mass is 9.96. The Morgan fingerprint density at radius 1 is 1.47 bits per heavy atom. The van der Waals surface area contributed by atoms with Crippen LogP contribution in [0, 0.1) is 5.92 Å². The Balaban J connectivity index is 2.79. The summed E-state index contributed by atoms with van der Waals surface area (Å²) in [6.45, 7) is 2.37. The number of nitrogens with zero attached hydrogens (tertiary/aromatic N) is 1. The highest BCUT2D eigenvalue weighted by Gasteiger charge is 2.32. The molecule has 0 aromatic heterocycles. The Kier molecular flexibility index (Phi) is 4.08. The Labute approximate surface area is 89.2 Å². The molecule has 1 aliphatic heterocycles. The third-order valence-corrected chi connectivity index (χ3v) is 3.05. The number of likely N-dealkylation sites (tertiary alicyclic amines) is 1. The summed E-state index contributed by atoms with van der Waals surface area (Å²) < 4.78 is 0. The first kappa shape index (κ1) is 12.0. The van der Waals surface area contributed by atoms with Gasteiger partial charge in [0.15, 0.2) is 0 Å². The SMILES string of the molecule is C[C@@H]1[C@@H](C(=O)O)CCCCN1C(=O)CN. The van der Waals surface area contributed by atoms with Crippen LogP contribution >= 0.6 is 0 Å². The molecule has 2 atom stereocenters. The minimum Gasteiger partial charge on any atom is -0.481 e. The fraction of sp³-hybridized carbons (Fsp3) is 0.800. The van der Waals surface area contributed by atoms with Crippen molar-refractivity contribution in [3.05, 3.63) is 0 Å². The molecule has 0 aromatic rings. The predicted octanol–water partition coefficient (Wildman–Crippen LogP) is 0.0469. The molecule has 1 heterocycles. The molecule has 15 heavy (non-hydrogen) atoms. The van der Waals surface area contributed by atoms with Crippen LogP contribution in [0.25, 0.3) is 0 Å². The number of carbonyl (C=O) groups is 2. The zero-order chi connectivity index (χ0) is 11.4. The molecular formula is C10H18N2O3. The van der Waals surface area contributed by atoms with Crippen molar-refractivity contribution < 1.29 is 14.7 Å². The first-order valence-electron chi connectivity index (χ1n) is 5.30. The lowest BCUT2D eigenvalue weighted by Crippen LogP contribution is -2.46. The van der Waals surface area contributed by atoms with Crippen molar-refractivity contribution >= 4 is 11.9 Å². The van der Waals surface area contributed by atoms with E-state index < -0.39 is 11.9 Å². The third kappa shape index (κ3) is 2.68. The van der Waals surface area contributed by atoms with E-state index >= 15 is 0 Å². The highest BCUT2D eigenvalue weighted by atomic mass is 16.4. The lowest BCUT2D eigenvalue weighted by Gasteiger charge is -2.30. The van der Waals surface area contributed by atoms with Crippen LogP contribution in [0.2, 0.25) is 0 Å². The quantitative estimate of drug-likeness (QED) is 0.680. The van der Waals surface area contributed by atoms with E-state index in [0.29, 0.717) is 13.0 Å². The van der Waals surface area contributed by atoms with E-state index in [1.165, 1.54) is 0 Å². The van der Waals surface area contributed by atoms with Gasteiger partial charge in [0.2, 0.25) is 5.91 Å². The van der Waals surface area contributed by atoms with Crippen molar-refractivity contribution in [3.63, 3.8) is 0 Å². The molecule has 0 radical (unpaired) electrons. The summed E-state index contributed by atoms with van der Waals surface area (Å²) in [7, 11) is 0. The first-order valence-corrected chi connectivity index (χ1v) is 5.30. The molecule has 1 fully saturated rings. The van der Waals surface area contributed by atoms with Gasteiger partial charge in [0.05, 0.1) is 12.5 Å². The molecule has 0 spiro atoms. The third-order valence-electron chi connectivity index (χ3n) is 3.05. The van der Waals surface area contributed by atoms with Crippen LogP contribution < -0.4 is 5.73 Å². The predicted molar refractivity (Wildman–Crippen MR) is 55.2 cm³/mol. The molecule has 0 bridgehead atoms. The lowest BCUT2D eigenvalue weighted by molar-refractivity contribution is -0.145. The van der Waals surface area contributed by atoms with Crippen LogP contribution in [0.4, 0.5) is 0 Å². The summed E-state index contributed by atoms with van der Waals surface area (Å²) in [6, 6.07) is -0.249. The minimum absolute atomic E-state index is 0.0450. The van der Waals surface area contributed by atoms with Gasteiger partial charge in [0.1, 0.15) is 0 Å². The summed E-state index contributed by atoms with van der Waals surface area (Å²) in [5, 5.41) is 9.04. The second kappa shape index (κ2) is 5.11. The summed E-state index contributed by atoms with van der Waals surface area (Å²) in [5.41, 5.74) is 5.30. The van der Waals surface area contributed by atoms with Crippen molar-refractivity contribution in [1.29, 1.82) is 0 Å². The normalized spacial score (nSPS) is 27.2. The van der Waals surface area contributed by atoms with Gasteiger partial charge >= 0.3 is 5.97 Å². The maximum absolute atomic E-state index is 11.5. The highest BCUT2D eigenvalue weighted by molar-refractivity contribution is 5.79. The zero-order valence-corrected chi connectivity index (χ0v) is 8.98. The molecule has 3 N–H and O–H groups in total. The van der Waals surface area contributed by atoms with Gasteiger partial charge in [-0.2, -0.15) is 0 Å². The van der Waals surface area contributed by atoms with Crippen molar-refractivity contribution in [2.45, 2.75) is 32.2 Å². The van der Waals surface area contributed by atoms with Crippen molar-refractivity contribution in [1.82, 2.24) is 4.90 Å². The first-order chi connectivity index (χ1) is 7.07. The summed E-state index contributed by atoms with van der Waals surface area (Å²) in [5.74, 6) is -1.43. The number of nitrogens with two attached hydrogens (primary N) is 1. The molecule has 5 heteroatoms. The van der Waals surface area contributed by atoms with Gasteiger partial charge in [-0.3, -0.25) is 9.59 Å². The zero-order valence-electron chi connectivity index (χ0n) is 8.98. The molecule has 1 amide bonds.